The Balaban J connectivity index is 0.000000249. The van der Waals surface area contributed by atoms with E-state index in [1.54, 1.807) is 19.1 Å². The molecule has 0 saturated heterocycles. The molecule has 1 amide bonds. The maximum absolute atomic E-state index is 10.8. The van der Waals surface area contributed by atoms with Crippen molar-refractivity contribution < 1.29 is 14.3 Å². The monoisotopic (exact) mass is 234 g/mol. The zero-order valence-electron chi connectivity index (χ0n) is 9.47. The second-order valence-electron chi connectivity index (χ2n) is 3.20. The van der Waals surface area contributed by atoms with Crippen molar-refractivity contribution in [3.8, 4) is 0 Å². The topological polar surface area (TPSA) is 85.2 Å². The number of rotatable bonds is 3. The van der Waals surface area contributed by atoms with Crippen LogP contribution in [0.2, 0.25) is 0 Å². The zero-order chi connectivity index (χ0) is 12.7. The number of H-pyrrole nitrogens is 1. The van der Waals surface area contributed by atoms with E-state index in [2.05, 4.69) is 9.72 Å². The molecular formula is C12H14N2O3. The smallest absolute Gasteiger partial charge is 0.293 e. The molecule has 5 heteroatoms. The number of primary amides is 1. The molecule has 0 aliphatic carbocycles. The number of nitrogens with one attached hydrogen (secondary N) is 1. The second kappa shape index (κ2) is 6.32. The predicted octanol–water partition coefficient (Wildman–Crippen LogP) is 1.45. The molecule has 2 aromatic rings. The molecule has 5 nitrogen and oxygen atoms in total. The Morgan fingerprint density at radius 3 is 2.76 bits per heavy atom. The van der Waals surface area contributed by atoms with Gasteiger partial charge in [0, 0.05) is 22.7 Å². The summed E-state index contributed by atoms with van der Waals surface area (Å²) in [7, 11) is 0. The van der Waals surface area contributed by atoms with E-state index < -0.39 is 5.91 Å². The van der Waals surface area contributed by atoms with Gasteiger partial charge in [0.05, 0.1) is 6.61 Å². The fraction of sp³-hybridized carbons (Fsp3) is 0.167. The summed E-state index contributed by atoms with van der Waals surface area (Å²) in [5, 5.41) is 1.01. The molecule has 0 unspecified atom stereocenters. The molecule has 3 N–H and O–H groups in total. The quantitative estimate of drug-likeness (QED) is 0.788. The van der Waals surface area contributed by atoms with Crippen molar-refractivity contribution in [3.05, 3.63) is 36.0 Å². The number of fused-ring (bicyclic) bond motifs is 1. The standard InChI is InChI=1S/C9H8N2O.C3H6O2/c10-9(12)7-1-2-8-6(5-7)3-4-11-8;1-2-5-3-4/h1-5,11H,(H2,10,12);3H,2H2,1H3. The molecule has 1 aromatic heterocycles. The van der Waals surface area contributed by atoms with Gasteiger partial charge in [0.1, 0.15) is 0 Å². The van der Waals surface area contributed by atoms with Crippen LogP contribution in [-0.2, 0) is 9.53 Å². The minimum absolute atomic E-state index is 0.391. The summed E-state index contributed by atoms with van der Waals surface area (Å²) < 4.78 is 4.15. The maximum Gasteiger partial charge on any atom is 0.293 e. The number of benzene rings is 1. The Morgan fingerprint density at radius 2 is 2.24 bits per heavy atom. The Hall–Kier alpha value is -2.30. The summed E-state index contributed by atoms with van der Waals surface area (Å²) in [5.41, 5.74) is 6.68. The average Bonchev–Trinajstić information content (AvgIpc) is 2.77. The highest BCUT2D eigenvalue weighted by Gasteiger charge is 2.00. The van der Waals surface area contributed by atoms with E-state index in [1.165, 1.54) is 0 Å². The van der Waals surface area contributed by atoms with Crippen LogP contribution in [0.1, 0.15) is 17.3 Å². The predicted molar refractivity (Wildman–Crippen MR) is 64.5 cm³/mol. The van der Waals surface area contributed by atoms with Gasteiger partial charge in [-0.2, -0.15) is 0 Å². The van der Waals surface area contributed by atoms with Gasteiger partial charge in [-0.3, -0.25) is 9.59 Å². The molecule has 2 rings (SSSR count). The molecule has 0 spiro atoms. The summed E-state index contributed by atoms with van der Waals surface area (Å²) >= 11 is 0. The highest BCUT2D eigenvalue weighted by molar-refractivity contribution is 5.96. The van der Waals surface area contributed by atoms with Gasteiger partial charge in [-0.05, 0) is 31.2 Å². The SMILES string of the molecule is CCOC=O.NC(=O)c1ccc2[nH]ccc2c1. The van der Waals surface area contributed by atoms with Crippen LogP contribution in [0.3, 0.4) is 0 Å². The van der Waals surface area contributed by atoms with Crippen molar-refractivity contribution in [2.75, 3.05) is 6.61 Å². The van der Waals surface area contributed by atoms with Gasteiger partial charge in [0.2, 0.25) is 5.91 Å². The second-order valence-corrected chi connectivity index (χ2v) is 3.20. The molecule has 0 saturated carbocycles. The lowest BCUT2D eigenvalue weighted by Gasteiger charge is -1.94. The van der Waals surface area contributed by atoms with Crippen LogP contribution in [0, 0.1) is 0 Å². The van der Waals surface area contributed by atoms with Crippen LogP contribution in [-0.4, -0.2) is 24.0 Å². The Bertz CT molecular complexity index is 505. The molecule has 0 aliphatic heterocycles. The van der Waals surface area contributed by atoms with Crippen molar-refractivity contribution in [1.29, 1.82) is 0 Å². The number of aromatic amines is 1. The molecule has 1 heterocycles. The molecule has 90 valence electrons. The summed E-state index contributed by atoms with van der Waals surface area (Å²) in [4.78, 5) is 23.0. The first-order valence-corrected chi connectivity index (χ1v) is 5.11. The first kappa shape index (κ1) is 12.8. The number of hydrogen-bond donors (Lipinski definition) is 2. The van der Waals surface area contributed by atoms with Gasteiger partial charge >= 0.3 is 0 Å². The van der Waals surface area contributed by atoms with Crippen molar-refractivity contribution in [2.45, 2.75) is 6.92 Å². The van der Waals surface area contributed by atoms with Gasteiger partial charge in [-0.15, -0.1) is 0 Å². The average molecular weight is 234 g/mol. The Labute approximate surface area is 98.6 Å². The Morgan fingerprint density at radius 1 is 1.47 bits per heavy atom. The normalized spacial score (nSPS) is 9.24. The molecule has 0 aliphatic rings. The molecule has 0 bridgehead atoms. The number of carbonyl (C=O) groups excluding carboxylic acids is 2. The number of aromatic nitrogens is 1. The van der Waals surface area contributed by atoms with E-state index in [4.69, 9.17) is 5.73 Å². The molecular weight excluding hydrogens is 220 g/mol. The number of hydrogen-bond acceptors (Lipinski definition) is 3. The molecule has 0 atom stereocenters. The summed E-state index contributed by atoms with van der Waals surface area (Å²) in [5.74, 6) is -0.391. The summed E-state index contributed by atoms with van der Waals surface area (Å²) in [6.07, 6.45) is 1.83. The van der Waals surface area contributed by atoms with Crippen LogP contribution < -0.4 is 5.73 Å². The molecule has 0 radical (unpaired) electrons. The number of amides is 1. The lowest BCUT2D eigenvalue weighted by atomic mass is 10.1. The highest BCUT2D eigenvalue weighted by atomic mass is 16.5. The van der Waals surface area contributed by atoms with Crippen molar-refractivity contribution >= 4 is 23.3 Å². The van der Waals surface area contributed by atoms with Gasteiger partial charge in [0.15, 0.2) is 0 Å². The van der Waals surface area contributed by atoms with E-state index in [9.17, 15) is 9.59 Å². The van der Waals surface area contributed by atoms with Gasteiger partial charge in [-0.1, -0.05) is 0 Å². The van der Waals surface area contributed by atoms with Gasteiger partial charge in [-0.25, -0.2) is 0 Å². The lowest BCUT2D eigenvalue weighted by molar-refractivity contribution is -0.128. The van der Waals surface area contributed by atoms with E-state index in [1.807, 2.05) is 18.3 Å². The fourth-order valence-corrected chi connectivity index (χ4v) is 1.27. The third-order valence-corrected chi connectivity index (χ3v) is 2.07. The van der Waals surface area contributed by atoms with E-state index in [0.29, 0.717) is 18.6 Å². The minimum atomic E-state index is -0.391. The van der Waals surface area contributed by atoms with Crippen molar-refractivity contribution in [2.24, 2.45) is 5.73 Å². The van der Waals surface area contributed by atoms with E-state index >= 15 is 0 Å². The first-order valence-electron chi connectivity index (χ1n) is 5.11. The minimum Gasteiger partial charge on any atom is -0.468 e. The summed E-state index contributed by atoms with van der Waals surface area (Å²) in [6, 6.07) is 7.23. The molecule has 0 fully saturated rings. The molecule has 17 heavy (non-hydrogen) atoms. The maximum atomic E-state index is 10.8. The van der Waals surface area contributed by atoms with Crippen LogP contribution in [0.15, 0.2) is 30.5 Å². The van der Waals surface area contributed by atoms with Crippen molar-refractivity contribution in [1.82, 2.24) is 4.98 Å². The van der Waals surface area contributed by atoms with Gasteiger partial charge in [0.25, 0.3) is 6.47 Å². The zero-order valence-corrected chi connectivity index (χ0v) is 9.47. The molecule has 1 aromatic carbocycles. The number of nitrogens with two attached hydrogens (primary N) is 1. The van der Waals surface area contributed by atoms with Crippen molar-refractivity contribution in [3.63, 3.8) is 0 Å². The van der Waals surface area contributed by atoms with E-state index in [-0.39, 0.29) is 0 Å². The summed E-state index contributed by atoms with van der Waals surface area (Å²) in [6.45, 7) is 2.66. The lowest BCUT2D eigenvalue weighted by Crippen LogP contribution is -2.10. The van der Waals surface area contributed by atoms with Gasteiger partial charge < -0.3 is 15.5 Å². The van der Waals surface area contributed by atoms with Crippen LogP contribution in [0.4, 0.5) is 0 Å². The first-order chi connectivity index (χ1) is 8.19. The number of ether oxygens (including phenoxy) is 1. The number of carbonyl (C=O) groups is 2. The van der Waals surface area contributed by atoms with Crippen LogP contribution >= 0.6 is 0 Å². The third kappa shape index (κ3) is 3.64. The van der Waals surface area contributed by atoms with Crippen LogP contribution in [0.25, 0.3) is 10.9 Å². The van der Waals surface area contributed by atoms with E-state index in [0.717, 1.165) is 10.9 Å². The highest BCUT2D eigenvalue weighted by Crippen LogP contribution is 2.13. The largest absolute Gasteiger partial charge is 0.468 e. The Kier molecular flexibility index (Phi) is 4.75. The van der Waals surface area contributed by atoms with Crippen LogP contribution in [0.5, 0.6) is 0 Å². The third-order valence-electron chi connectivity index (χ3n) is 2.07. The fourth-order valence-electron chi connectivity index (χ4n) is 1.27.